The predicted molar refractivity (Wildman–Crippen MR) is 71.0 cm³/mol. The Labute approximate surface area is 107 Å². The van der Waals surface area contributed by atoms with Crippen molar-refractivity contribution < 1.29 is 9.21 Å². The molecule has 17 heavy (non-hydrogen) atoms. The number of nitrogens with zero attached hydrogens (tertiary/aromatic N) is 1. The summed E-state index contributed by atoms with van der Waals surface area (Å²) in [4.78, 5) is 14.0. The number of thiocarbonyl (C=S) groups is 1. The van der Waals surface area contributed by atoms with Gasteiger partial charge in [-0.15, -0.1) is 0 Å². The van der Waals surface area contributed by atoms with Crippen LogP contribution in [-0.2, 0) is 6.42 Å². The molecule has 94 valence electrons. The fourth-order valence-electron chi connectivity index (χ4n) is 1.48. The molecule has 5 heteroatoms. The molecule has 2 N–H and O–H groups in total. The Morgan fingerprint density at radius 2 is 2.24 bits per heavy atom. The lowest BCUT2D eigenvalue weighted by atomic mass is 10.2. The van der Waals surface area contributed by atoms with Crippen molar-refractivity contribution in [1.82, 2.24) is 4.90 Å². The third-order valence-corrected chi connectivity index (χ3v) is 2.87. The lowest BCUT2D eigenvalue weighted by Crippen LogP contribution is -2.37. The lowest BCUT2D eigenvalue weighted by Gasteiger charge is -2.23. The van der Waals surface area contributed by atoms with E-state index in [1.54, 1.807) is 18.0 Å². The van der Waals surface area contributed by atoms with E-state index in [4.69, 9.17) is 22.4 Å². The average molecular weight is 254 g/mol. The summed E-state index contributed by atoms with van der Waals surface area (Å²) in [5.74, 6) is 1.02. The van der Waals surface area contributed by atoms with Crippen LogP contribution in [0.3, 0.4) is 0 Å². The van der Waals surface area contributed by atoms with E-state index in [0.29, 0.717) is 17.2 Å². The third kappa shape index (κ3) is 3.56. The van der Waals surface area contributed by atoms with Crippen molar-refractivity contribution in [3.8, 4) is 0 Å². The summed E-state index contributed by atoms with van der Waals surface area (Å²) in [7, 11) is 1.72. The molecule has 1 amide bonds. The number of amides is 1. The van der Waals surface area contributed by atoms with Crippen LogP contribution in [0.1, 0.15) is 36.6 Å². The van der Waals surface area contributed by atoms with Gasteiger partial charge >= 0.3 is 0 Å². The molecule has 1 unspecified atom stereocenters. The molecule has 0 aliphatic heterocycles. The molecule has 1 rings (SSSR count). The van der Waals surface area contributed by atoms with Crippen LogP contribution in [0.25, 0.3) is 0 Å². The number of hydrogen-bond acceptors (Lipinski definition) is 3. The highest BCUT2D eigenvalue weighted by Gasteiger charge is 2.20. The van der Waals surface area contributed by atoms with Gasteiger partial charge in [-0.1, -0.05) is 19.1 Å². The maximum absolute atomic E-state index is 12.0. The van der Waals surface area contributed by atoms with Gasteiger partial charge in [0.15, 0.2) is 5.76 Å². The van der Waals surface area contributed by atoms with E-state index in [1.807, 2.05) is 19.9 Å². The molecule has 0 bridgehead atoms. The van der Waals surface area contributed by atoms with E-state index in [1.165, 1.54) is 0 Å². The fraction of sp³-hybridized carbons (Fsp3) is 0.500. The number of carbonyl (C=O) groups excluding carboxylic acids is 1. The first-order valence-electron chi connectivity index (χ1n) is 5.59. The molecule has 1 aromatic heterocycles. The van der Waals surface area contributed by atoms with E-state index >= 15 is 0 Å². The van der Waals surface area contributed by atoms with Gasteiger partial charge in [0.1, 0.15) is 5.76 Å². The minimum atomic E-state index is -0.145. The minimum Gasteiger partial charge on any atom is -0.456 e. The van der Waals surface area contributed by atoms with Gasteiger partial charge in [-0.2, -0.15) is 0 Å². The zero-order valence-electron chi connectivity index (χ0n) is 10.4. The zero-order valence-corrected chi connectivity index (χ0v) is 11.2. The Balaban J connectivity index is 2.71. The van der Waals surface area contributed by atoms with Crippen molar-refractivity contribution in [2.24, 2.45) is 5.73 Å². The zero-order chi connectivity index (χ0) is 13.0. The summed E-state index contributed by atoms with van der Waals surface area (Å²) in [5, 5.41) is 0. The smallest absolute Gasteiger partial charge is 0.289 e. The van der Waals surface area contributed by atoms with Crippen LogP contribution in [0.2, 0.25) is 0 Å². The first kappa shape index (κ1) is 13.7. The van der Waals surface area contributed by atoms with E-state index in [0.717, 1.165) is 12.2 Å². The molecule has 0 aliphatic carbocycles. The molecule has 0 fully saturated rings. The van der Waals surface area contributed by atoms with Crippen molar-refractivity contribution in [2.75, 3.05) is 7.05 Å². The van der Waals surface area contributed by atoms with E-state index in [2.05, 4.69) is 0 Å². The van der Waals surface area contributed by atoms with Crippen molar-refractivity contribution in [2.45, 2.75) is 32.7 Å². The summed E-state index contributed by atoms with van der Waals surface area (Å²) in [5.41, 5.74) is 5.47. The van der Waals surface area contributed by atoms with Crippen LogP contribution in [0.5, 0.6) is 0 Å². The summed E-state index contributed by atoms with van der Waals surface area (Å²) in [6.07, 6.45) is 1.29. The van der Waals surface area contributed by atoms with Crippen LogP contribution in [-0.4, -0.2) is 28.9 Å². The molecule has 0 saturated carbocycles. The van der Waals surface area contributed by atoms with E-state index in [-0.39, 0.29) is 11.9 Å². The van der Waals surface area contributed by atoms with E-state index in [9.17, 15) is 4.79 Å². The summed E-state index contributed by atoms with van der Waals surface area (Å²) < 4.78 is 5.42. The van der Waals surface area contributed by atoms with Gasteiger partial charge in [0.25, 0.3) is 5.91 Å². The molecular weight excluding hydrogens is 236 g/mol. The molecule has 0 aromatic carbocycles. The molecular formula is C12H18N2O2S. The summed E-state index contributed by atoms with van der Waals surface area (Å²) in [6.45, 7) is 3.88. The largest absolute Gasteiger partial charge is 0.456 e. The highest BCUT2D eigenvalue weighted by Crippen LogP contribution is 2.13. The second-order valence-electron chi connectivity index (χ2n) is 4.06. The Morgan fingerprint density at radius 3 is 2.71 bits per heavy atom. The molecule has 0 radical (unpaired) electrons. The second kappa shape index (κ2) is 5.82. The van der Waals surface area contributed by atoms with E-state index < -0.39 is 0 Å². The predicted octanol–water partition coefficient (Wildman–Crippen LogP) is 1.98. The summed E-state index contributed by atoms with van der Waals surface area (Å²) in [6, 6.07) is 3.49. The van der Waals surface area contributed by atoms with Crippen molar-refractivity contribution in [3.63, 3.8) is 0 Å². The molecule has 1 aromatic rings. The van der Waals surface area contributed by atoms with Gasteiger partial charge in [0.2, 0.25) is 0 Å². The standard InChI is InChI=1S/C12H18N2O2S/c1-4-9-5-6-10(16-9)12(15)14(3)8(2)7-11(13)17/h5-6,8H,4,7H2,1-3H3,(H2,13,17). The normalized spacial score (nSPS) is 12.2. The Morgan fingerprint density at radius 1 is 1.59 bits per heavy atom. The average Bonchev–Trinajstić information content (AvgIpc) is 2.74. The lowest BCUT2D eigenvalue weighted by molar-refractivity contribution is 0.0714. The van der Waals surface area contributed by atoms with Gasteiger partial charge < -0.3 is 15.1 Å². The van der Waals surface area contributed by atoms with Crippen molar-refractivity contribution in [3.05, 3.63) is 23.7 Å². The van der Waals surface area contributed by atoms with Crippen LogP contribution < -0.4 is 5.73 Å². The van der Waals surface area contributed by atoms with Crippen LogP contribution in [0.4, 0.5) is 0 Å². The highest BCUT2D eigenvalue weighted by molar-refractivity contribution is 7.80. The summed E-state index contributed by atoms with van der Waals surface area (Å²) >= 11 is 4.83. The fourth-order valence-corrected chi connectivity index (χ4v) is 1.73. The molecule has 1 atom stereocenters. The monoisotopic (exact) mass is 254 g/mol. The highest BCUT2D eigenvalue weighted by atomic mass is 32.1. The van der Waals surface area contributed by atoms with Crippen LogP contribution in [0.15, 0.2) is 16.5 Å². The number of furan rings is 1. The maximum Gasteiger partial charge on any atom is 0.289 e. The Kier molecular flexibility index (Phi) is 4.69. The van der Waals surface area contributed by atoms with Gasteiger partial charge in [-0.05, 0) is 19.1 Å². The molecule has 0 spiro atoms. The van der Waals surface area contributed by atoms with Gasteiger partial charge in [-0.3, -0.25) is 4.79 Å². The molecule has 1 heterocycles. The molecule has 0 saturated heterocycles. The second-order valence-corrected chi connectivity index (χ2v) is 4.58. The van der Waals surface area contributed by atoms with Gasteiger partial charge in [0.05, 0.1) is 4.99 Å². The maximum atomic E-state index is 12.0. The Hall–Kier alpha value is -1.36. The van der Waals surface area contributed by atoms with Gasteiger partial charge in [0, 0.05) is 25.9 Å². The van der Waals surface area contributed by atoms with Crippen LogP contribution in [0, 0.1) is 0 Å². The number of nitrogens with two attached hydrogens (primary N) is 1. The third-order valence-electron chi connectivity index (χ3n) is 2.70. The number of rotatable bonds is 5. The van der Waals surface area contributed by atoms with Gasteiger partial charge in [-0.25, -0.2) is 0 Å². The number of aryl methyl sites for hydroxylation is 1. The first-order valence-corrected chi connectivity index (χ1v) is 6.00. The van der Waals surface area contributed by atoms with Crippen molar-refractivity contribution >= 4 is 23.1 Å². The minimum absolute atomic E-state index is 0.0322. The Bertz CT molecular complexity index is 414. The number of carbonyl (C=O) groups is 1. The van der Waals surface area contributed by atoms with Crippen LogP contribution >= 0.6 is 12.2 Å². The quantitative estimate of drug-likeness (QED) is 0.816. The topological polar surface area (TPSA) is 59.5 Å². The first-order chi connectivity index (χ1) is 7.95. The van der Waals surface area contributed by atoms with Crippen molar-refractivity contribution in [1.29, 1.82) is 0 Å². The SMILES string of the molecule is CCc1ccc(C(=O)N(C)C(C)CC(N)=S)o1. The number of hydrogen-bond donors (Lipinski definition) is 1. The molecule has 0 aliphatic rings. The molecule has 4 nitrogen and oxygen atoms in total.